The Morgan fingerprint density at radius 3 is 2.76 bits per heavy atom. The topological polar surface area (TPSA) is 93.1 Å². The van der Waals surface area contributed by atoms with Gasteiger partial charge >= 0.3 is 0 Å². The second kappa shape index (κ2) is 11.1. The summed E-state index contributed by atoms with van der Waals surface area (Å²) in [4.78, 5) is 31.6. The van der Waals surface area contributed by atoms with Crippen molar-refractivity contribution in [2.75, 3.05) is 25.5 Å². The molecular formula is C26H29F3N6O2. The van der Waals surface area contributed by atoms with Gasteiger partial charge in [0.1, 0.15) is 17.3 Å². The van der Waals surface area contributed by atoms with Crippen LogP contribution in [-0.4, -0.2) is 57.0 Å². The van der Waals surface area contributed by atoms with Crippen molar-refractivity contribution in [3.05, 3.63) is 58.9 Å². The number of likely N-dealkylation sites (N-methyl/N-ethyl adjacent to an activating group) is 1. The lowest BCUT2D eigenvalue weighted by molar-refractivity contribution is -0.132. The zero-order chi connectivity index (χ0) is 26.7. The number of carbonyl (C=O) groups excluding carboxylic acids is 1. The maximum absolute atomic E-state index is 14.4. The normalized spacial score (nSPS) is 15.6. The van der Waals surface area contributed by atoms with Crippen molar-refractivity contribution in [3.63, 3.8) is 0 Å². The monoisotopic (exact) mass is 514 g/mol. The van der Waals surface area contributed by atoms with Crippen LogP contribution in [-0.2, 0) is 11.2 Å². The number of anilines is 1. The van der Waals surface area contributed by atoms with Crippen LogP contribution in [0.25, 0.3) is 11.4 Å². The fraction of sp³-hybridized carbons (Fsp3) is 0.423. The fourth-order valence-electron chi connectivity index (χ4n) is 4.47. The minimum Gasteiger partial charge on any atom is -0.481 e. The molecule has 4 rings (SSSR count). The van der Waals surface area contributed by atoms with Gasteiger partial charge in [0.25, 0.3) is 6.43 Å². The minimum atomic E-state index is -2.68. The Labute approximate surface area is 213 Å². The van der Waals surface area contributed by atoms with Gasteiger partial charge < -0.3 is 15.0 Å². The van der Waals surface area contributed by atoms with Gasteiger partial charge in [-0.25, -0.2) is 33.1 Å². The zero-order valence-electron chi connectivity index (χ0n) is 21.1. The predicted molar refractivity (Wildman–Crippen MR) is 132 cm³/mol. The SMILES string of the molecule is CCN(C[C@H]1CCc2cc(-c3nccc(C(F)F)n3)c(C)nc2N1)C(=O)[C@H](C)c1cc(OC)ncc1F. The second-order valence-electron chi connectivity index (χ2n) is 8.96. The molecule has 1 amide bonds. The zero-order valence-corrected chi connectivity index (χ0v) is 21.1. The summed E-state index contributed by atoms with van der Waals surface area (Å²) in [6.07, 6.45) is 1.11. The Bertz CT molecular complexity index is 1290. The van der Waals surface area contributed by atoms with Crippen LogP contribution in [0, 0.1) is 12.7 Å². The molecule has 1 N–H and O–H groups in total. The predicted octanol–water partition coefficient (Wildman–Crippen LogP) is 4.71. The highest BCUT2D eigenvalue weighted by Gasteiger charge is 2.28. The van der Waals surface area contributed by atoms with E-state index in [9.17, 15) is 18.0 Å². The second-order valence-corrected chi connectivity index (χ2v) is 8.96. The third kappa shape index (κ3) is 5.65. The summed E-state index contributed by atoms with van der Waals surface area (Å²) in [7, 11) is 1.44. The lowest BCUT2D eigenvalue weighted by Crippen LogP contribution is -2.43. The van der Waals surface area contributed by atoms with Crippen molar-refractivity contribution in [1.29, 1.82) is 0 Å². The molecule has 3 aromatic rings. The number of rotatable bonds is 8. The van der Waals surface area contributed by atoms with Crippen LogP contribution in [0.4, 0.5) is 19.0 Å². The van der Waals surface area contributed by atoms with E-state index in [0.717, 1.165) is 18.2 Å². The lowest BCUT2D eigenvalue weighted by Gasteiger charge is -2.33. The Morgan fingerprint density at radius 1 is 1.27 bits per heavy atom. The van der Waals surface area contributed by atoms with Gasteiger partial charge in [-0.3, -0.25) is 4.79 Å². The molecule has 0 radical (unpaired) electrons. The minimum absolute atomic E-state index is 0.0587. The van der Waals surface area contributed by atoms with Crippen LogP contribution in [0.2, 0.25) is 0 Å². The Balaban J connectivity index is 1.49. The number of nitrogens with one attached hydrogen (secondary N) is 1. The van der Waals surface area contributed by atoms with Gasteiger partial charge in [0.2, 0.25) is 11.8 Å². The summed E-state index contributed by atoms with van der Waals surface area (Å²) in [6.45, 7) is 6.21. The Morgan fingerprint density at radius 2 is 2.05 bits per heavy atom. The summed E-state index contributed by atoms with van der Waals surface area (Å²) in [5, 5.41) is 3.40. The maximum Gasteiger partial charge on any atom is 0.280 e. The van der Waals surface area contributed by atoms with Crippen molar-refractivity contribution in [3.8, 4) is 17.3 Å². The number of methoxy groups -OCH3 is 1. The summed E-state index contributed by atoms with van der Waals surface area (Å²) in [5.41, 5.74) is 2.05. The highest BCUT2D eigenvalue weighted by Crippen LogP contribution is 2.31. The van der Waals surface area contributed by atoms with Crippen molar-refractivity contribution >= 4 is 11.7 Å². The number of amides is 1. The molecule has 1 aliphatic heterocycles. The number of hydrogen-bond acceptors (Lipinski definition) is 7. The molecule has 37 heavy (non-hydrogen) atoms. The molecule has 3 aromatic heterocycles. The molecule has 0 aliphatic carbocycles. The third-order valence-corrected chi connectivity index (χ3v) is 6.58. The number of aromatic nitrogens is 4. The van der Waals surface area contributed by atoms with Gasteiger partial charge in [-0.05, 0) is 51.3 Å². The number of alkyl halides is 2. The average Bonchev–Trinajstić information content (AvgIpc) is 2.90. The van der Waals surface area contributed by atoms with Gasteiger partial charge in [0.05, 0.1) is 24.9 Å². The maximum atomic E-state index is 14.4. The van der Waals surface area contributed by atoms with E-state index < -0.39 is 18.2 Å². The number of nitrogens with zero attached hydrogens (tertiary/aromatic N) is 5. The van der Waals surface area contributed by atoms with E-state index in [1.165, 1.54) is 25.4 Å². The van der Waals surface area contributed by atoms with E-state index in [1.807, 2.05) is 13.0 Å². The number of aryl methyl sites for hydroxylation is 2. The van der Waals surface area contributed by atoms with Crippen LogP contribution in [0.15, 0.2) is 30.6 Å². The molecule has 0 bridgehead atoms. The van der Waals surface area contributed by atoms with E-state index in [2.05, 4.69) is 25.3 Å². The molecule has 1 aliphatic rings. The summed E-state index contributed by atoms with van der Waals surface area (Å²) < 4.78 is 45.7. The molecule has 0 saturated carbocycles. The quantitative estimate of drug-likeness (QED) is 0.466. The first-order valence-corrected chi connectivity index (χ1v) is 12.1. The number of ether oxygens (including phenoxy) is 1. The lowest BCUT2D eigenvalue weighted by atomic mass is 9.96. The van der Waals surface area contributed by atoms with Crippen LogP contribution in [0.3, 0.4) is 0 Å². The average molecular weight is 515 g/mol. The van der Waals surface area contributed by atoms with Crippen LogP contribution in [0.1, 0.15) is 55.1 Å². The number of carbonyl (C=O) groups is 1. The molecule has 4 heterocycles. The van der Waals surface area contributed by atoms with Gasteiger partial charge in [-0.2, -0.15) is 0 Å². The van der Waals surface area contributed by atoms with Crippen molar-refractivity contribution in [2.24, 2.45) is 0 Å². The van der Waals surface area contributed by atoms with Gasteiger partial charge in [-0.15, -0.1) is 0 Å². The Kier molecular flexibility index (Phi) is 7.89. The summed E-state index contributed by atoms with van der Waals surface area (Å²) in [6, 6.07) is 4.47. The molecule has 0 fully saturated rings. The molecule has 196 valence electrons. The van der Waals surface area contributed by atoms with Crippen LogP contribution < -0.4 is 10.1 Å². The highest BCUT2D eigenvalue weighted by molar-refractivity contribution is 5.83. The molecule has 0 saturated heterocycles. The van der Waals surface area contributed by atoms with Crippen molar-refractivity contribution in [1.82, 2.24) is 24.8 Å². The first-order chi connectivity index (χ1) is 17.7. The third-order valence-electron chi connectivity index (χ3n) is 6.58. The van der Waals surface area contributed by atoms with Crippen LogP contribution in [0.5, 0.6) is 5.88 Å². The molecule has 11 heteroatoms. The van der Waals surface area contributed by atoms with Gasteiger partial charge in [0, 0.05) is 42.5 Å². The molecular weight excluding hydrogens is 485 g/mol. The standard InChI is InChI=1S/C26H29F3N6O2/c1-5-35(26(36)14(2)18-11-22(37-4)31-12-20(18)27)13-17-7-6-16-10-19(15(3)32-24(16)33-17)25-30-9-8-21(34-25)23(28)29/h8-12,14,17,23H,5-7,13H2,1-4H3,(H,32,33)/t14-,17-/m1/s1. The molecule has 0 unspecified atom stereocenters. The first kappa shape index (κ1) is 26.3. The molecule has 0 aromatic carbocycles. The van der Waals surface area contributed by atoms with Gasteiger partial charge in [-0.1, -0.05) is 0 Å². The van der Waals surface area contributed by atoms with E-state index in [1.54, 1.807) is 18.7 Å². The fourth-order valence-corrected chi connectivity index (χ4v) is 4.47. The first-order valence-electron chi connectivity index (χ1n) is 12.1. The van der Waals surface area contributed by atoms with Gasteiger partial charge in [0.15, 0.2) is 5.82 Å². The summed E-state index contributed by atoms with van der Waals surface area (Å²) in [5.74, 6) is -0.316. The largest absolute Gasteiger partial charge is 0.481 e. The molecule has 0 spiro atoms. The number of fused-ring (bicyclic) bond motifs is 1. The van der Waals surface area contributed by atoms with E-state index in [0.29, 0.717) is 36.6 Å². The number of hydrogen-bond donors (Lipinski definition) is 1. The van der Waals surface area contributed by atoms with E-state index in [-0.39, 0.29) is 34.9 Å². The van der Waals surface area contributed by atoms with Crippen LogP contribution >= 0.6 is 0 Å². The van der Waals surface area contributed by atoms with E-state index >= 15 is 0 Å². The van der Waals surface area contributed by atoms with E-state index in [4.69, 9.17) is 4.74 Å². The smallest absolute Gasteiger partial charge is 0.280 e. The summed E-state index contributed by atoms with van der Waals surface area (Å²) >= 11 is 0. The number of halogens is 3. The number of pyridine rings is 2. The highest BCUT2D eigenvalue weighted by atomic mass is 19.3. The Hall–Kier alpha value is -3.76. The molecule has 2 atom stereocenters. The van der Waals surface area contributed by atoms with Crippen molar-refractivity contribution in [2.45, 2.75) is 52.0 Å². The molecule has 8 nitrogen and oxygen atoms in total. The van der Waals surface area contributed by atoms with Crippen molar-refractivity contribution < 1.29 is 22.7 Å².